The SMILES string of the molecule is C1CC2(C1)CC(NCC1CCSC1)CCO2. The summed E-state index contributed by atoms with van der Waals surface area (Å²) in [4.78, 5) is 0. The van der Waals surface area contributed by atoms with Crippen molar-refractivity contribution >= 4 is 11.8 Å². The van der Waals surface area contributed by atoms with Gasteiger partial charge in [0.2, 0.25) is 0 Å². The summed E-state index contributed by atoms with van der Waals surface area (Å²) in [6.07, 6.45) is 7.92. The molecule has 92 valence electrons. The highest BCUT2D eigenvalue weighted by atomic mass is 32.2. The molecule has 0 aromatic carbocycles. The van der Waals surface area contributed by atoms with E-state index in [1.165, 1.54) is 56.6 Å². The van der Waals surface area contributed by atoms with Crippen LogP contribution in [0.15, 0.2) is 0 Å². The van der Waals surface area contributed by atoms with Crippen molar-refractivity contribution in [1.82, 2.24) is 5.32 Å². The van der Waals surface area contributed by atoms with Gasteiger partial charge in [0.25, 0.3) is 0 Å². The lowest BCUT2D eigenvalue weighted by Crippen LogP contribution is -2.51. The lowest BCUT2D eigenvalue weighted by atomic mass is 9.74. The van der Waals surface area contributed by atoms with Crippen LogP contribution in [0, 0.1) is 5.92 Å². The lowest BCUT2D eigenvalue weighted by molar-refractivity contribution is -0.135. The average molecular weight is 241 g/mol. The van der Waals surface area contributed by atoms with Crippen molar-refractivity contribution in [3.05, 3.63) is 0 Å². The molecule has 3 heteroatoms. The van der Waals surface area contributed by atoms with E-state index < -0.39 is 0 Å². The third-order valence-electron chi connectivity index (χ3n) is 4.48. The summed E-state index contributed by atoms with van der Waals surface area (Å²) in [5.74, 6) is 3.69. The van der Waals surface area contributed by atoms with Gasteiger partial charge in [-0.05, 0) is 62.5 Å². The molecule has 1 saturated carbocycles. The fourth-order valence-corrected chi connectivity index (χ4v) is 4.48. The Hall–Kier alpha value is 0.270. The van der Waals surface area contributed by atoms with Crippen LogP contribution in [0.3, 0.4) is 0 Å². The second-order valence-corrected chi connectivity index (χ2v) is 6.86. The van der Waals surface area contributed by atoms with Crippen LogP contribution in [0.5, 0.6) is 0 Å². The van der Waals surface area contributed by atoms with E-state index >= 15 is 0 Å². The monoisotopic (exact) mass is 241 g/mol. The van der Waals surface area contributed by atoms with E-state index in [9.17, 15) is 0 Å². The van der Waals surface area contributed by atoms with E-state index in [0.717, 1.165) is 18.6 Å². The predicted octanol–water partition coefficient (Wildman–Crippen LogP) is 2.43. The van der Waals surface area contributed by atoms with Gasteiger partial charge in [-0.25, -0.2) is 0 Å². The van der Waals surface area contributed by atoms with E-state index in [1.807, 2.05) is 0 Å². The van der Waals surface area contributed by atoms with Gasteiger partial charge in [-0.2, -0.15) is 11.8 Å². The van der Waals surface area contributed by atoms with Crippen LogP contribution in [0.25, 0.3) is 0 Å². The number of rotatable bonds is 3. The highest BCUT2D eigenvalue weighted by Gasteiger charge is 2.42. The van der Waals surface area contributed by atoms with Gasteiger partial charge in [0.1, 0.15) is 0 Å². The molecular formula is C13H23NOS. The van der Waals surface area contributed by atoms with Crippen molar-refractivity contribution in [3.63, 3.8) is 0 Å². The molecule has 2 nitrogen and oxygen atoms in total. The van der Waals surface area contributed by atoms with E-state index in [4.69, 9.17) is 4.74 Å². The molecule has 16 heavy (non-hydrogen) atoms. The van der Waals surface area contributed by atoms with Gasteiger partial charge < -0.3 is 10.1 Å². The molecule has 0 radical (unpaired) electrons. The summed E-state index contributed by atoms with van der Waals surface area (Å²) in [7, 11) is 0. The first kappa shape index (κ1) is 11.4. The van der Waals surface area contributed by atoms with E-state index in [-0.39, 0.29) is 0 Å². The summed E-state index contributed by atoms with van der Waals surface area (Å²) in [5.41, 5.74) is 0.306. The van der Waals surface area contributed by atoms with Crippen molar-refractivity contribution in [1.29, 1.82) is 0 Å². The summed E-state index contributed by atoms with van der Waals surface area (Å²) in [6.45, 7) is 2.23. The van der Waals surface area contributed by atoms with Gasteiger partial charge in [-0.3, -0.25) is 0 Å². The number of nitrogens with one attached hydrogen (secondary N) is 1. The molecule has 3 rings (SSSR count). The molecule has 3 aliphatic rings. The minimum Gasteiger partial charge on any atom is -0.375 e. The Morgan fingerprint density at radius 3 is 2.94 bits per heavy atom. The summed E-state index contributed by atoms with van der Waals surface area (Å²) in [5, 5.41) is 3.79. The van der Waals surface area contributed by atoms with Crippen molar-refractivity contribution in [2.24, 2.45) is 5.92 Å². The Bertz CT molecular complexity index is 236. The molecule has 0 aromatic heterocycles. The molecule has 3 fully saturated rings. The smallest absolute Gasteiger partial charge is 0.0697 e. The van der Waals surface area contributed by atoms with Crippen molar-refractivity contribution in [2.45, 2.75) is 50.2 Å². The molecule has 2 heterocycles. The standard InChI is InChI=1S/C13H23NOS/c1-4-13(5-1)8-12(2-6-15-13)14-9-11-3-7-16-10-11/h11-12,14H,1-10H2. The van der Waals surface area contributed by atoms with Gasteiger partial charge in [-0.15, -0.1) is 0 Å². The highest BCUT2D eigenvalue weighted by molar-refractivity contribution is 7.99. The number of hydrogen-bond acceptors (Lipinski definition) is 3. The van der Waals surface area contributed by atoms with Crippen molar-refractivity contribution in [2.75, 3.05) is 24.7 Å². The maximum Gasteiger partial charge on any atom is 0.0697 e. The first-order chi connectivity index (χ1) is 7.86. The van der Waals surface area contributed by atoms with Crippen LogP contribution < -0.4 is 5.32 Å². The topological polar surface area (TPSA) is 21.3 Å². The lowest BCUT2D eigenvalue weighted by Gasteiger charge is -2.47. The molecule has 1 N–H and O–H groups in total. The molecule has 0 bridgehead atoms. The Balaban J connectivity index is 1.43. The van der Waals surface area contributed by atoms with Crippen LogP contribution in [-0.4, -0.2) is 36.3 Å². The van der Waals surface area contributed by atoms with Gasteiger partial charge in [-0.1, -0.05) is 0 Å². The second kappa shape index (κ2) is 4.87. The zero-order valence-corrected chi connectivity index (χ0v) is 10.9. The number of ether oxygens (including phenoxy) is 1. The zero-order chi connectivity index (χ0) is 10.8. The predicted molar refractivity (Wildman–Crippen MR) is 69.0 cm³/mol. The summed E-state index contributed by atoms with van der Waals surface area (Å²) >= 11 is 2.12. The Labute approximate surface area is 103 Å². The summed E-state index contributed by atoms with van der Waals surface area (Å²) in [6, 6.07) is 0.736. The molecule has 0 amide bonds. The second-order valence-electron chi connectivity index (χ2n) is 5.71. The van der Waals surface area contributed by atoms with Crippen molar-refractivity contribution < 1.29 is 4.74 Å². The van der Waals surface area contributed by atoms with Gasteiger partial charge in [0, 0.05) is 12.6 Å². The molecule has 2 unspecified atom stereocenters. The van der Waals surface area contributed by atoms with Crippen LogP contribution in [0.1, 0.15) is 38.5 Å². The largest absolute Gasteiger partial charge is 0.375 e. The molecular weight excluding hydrogens is 218 g/mol. The van der Waals surface area contributed by atoms with Crippen LogP contribution in [-0.2, 0) is 4.74 Å². The maximum atomic E-state index is 5.96. The third kappa shape index (κ3) is 2.41. The fraction of sp³-hybridized carbons (Fsp3) is 1.00. The van der Waals surface area contributed by atoms with Gasteiger partial charge in [0.05, 0.1) is 5.60 Å². The quantitative estimate of drug-likeness (QED) is 0.820. The van der Waals surface area contributed by atoms with Crippen LogP contribution >= 0.6 is 11.8 Å². The minimum absolute atomic E-state index is 0.306. The third-order valence-corrected chi connectivity index (χ3v) is 5.71. The number of thioether (sulfide) groups is 1. The summed E-state index contributed by atoms with van der Waals surface area (Å²) < 4.78 is 5.96. The fourth-order valence-electron chi connectivity index (χ4n) is 3.20. The van der Waals surface area contributed by atoms with Crippen LogP contribution in [0.4, 0.5) is 0 Å². The van der Waals surface area contributed by atoms with E-state index in [1.54, 1.807) is 0 Å². The first-order valence-corrected chi connectivity index (χ1v) is 7.97. The highest BCUT2D eigenvalue weighted by Crippen LogP contribution is 2.42. The minimum atomic E-state index is 0.306. The molecule has 2 atom stereocenters. The maximum absolute atomic E-state index is 5.96. The zero-order valence-electron chi connectivity index (χ0n) is 10.0. The average Bonchev–Trinajstić information content (AvgIpc) is 2.77. The molecule has 1 aliphatic carbocycles. The van der Waals surface area contributed by atoms with E-state index in [0.29, 0.717) is 5.60 Å². The molecule has 1 spiro atoms. The first-order valence-electron chi connectivity index (χ1n) is 6.81. The van der Waals surface area contributed by atoms with Gasteiger partial charge in [0.15, 0.2) is 0 Å². The molecule has 2 aliphatic heterocycles. The molecule has 2 saturated heterocycles. The Morgan fingerprint density at radius 1 is 1.31 bits per heavy atom. The van der Waals surface area contributed by atoms with Gasteiger partial charge >= 0.3 is 0 Å². The van der Waals surface area contributed by atoms with Crippen LogP contribution in [0.2, 0.25) is 0 Å². The normalized spacial score (nSPS) is 37.5. The van der Waals surface area contributed by atoms with Crippen molar-refractivity contribution in [3.8, 4) is 0 Å². The Morgan fingerprint density at radius 2 is 2.25 bits per heavy atom. The van der Waals surface area contributed by atoms with E-state index in [2.05, 4.69) is 17.1 Å². The number of hydrogen-bond donors (Lipinski definition) is 1. The Kier molecular flexibility index (Phi) is 3.46. The molecule has 0 aromatic rings.